The van der Waals surface area contributed by atoms with Gasteiger partial charge in [-0.2, -0.15) is 0 Å². The molecule has 1 saturated heterocycles. The third kappa shape index (κ3) is 3.29. The molecule has 2 aromatic carbocycles. The van der Waals surface area contributed by atoms with Crippen molar-refractivity contribution < 1.29 is 19.5 Å². The number of barbiturate groups is 1. The second-order valence-electron chi connectivity index (χ2n) is 5.60. The second-order valence-corrected chi connectivity index (χ2v) is 6.44. The summed E-state index contributed by atoms with van der Waals surface area (Å²) in [5, 5.41) is 12.0. The first kappa shape index (κ1) is 18.0. The fraction of sp³-hybridized carbons (Fsp3) is 0.0556. The Balaban J connectivity index is 2.07. The van der Waals surface area contributed by atoms with Gasteiger partial charge < -0.3 is 5.11 Å². The molecule has 1 heterocycles. The molecule has 8 heteroatoms. The Morgan fingerprint density at radius 3 is 2.50 bits per heavy atom. The van der Waals surface area contributed by atoms with E-state index in [1.54, 1.807) is 19.1 Å². The highest BCUT2D eigenvalue weighted by atomic mass is 35.5. The molecule has 3 rings (SSSR count). The number of anilines is 1. The molecule has 4 amide bonds. The van der Waals surface area contributed by atoms with Crippen LogP contribution < -0.4 is 10.2 Å². The molecule has 26 heavy (non-hydrogen) atoms. The maximum Gasteiger partial charge on any atom is 0.335 e. The Hall–Kier alpha value is -2.83. The lowest BCUT2D eigenvalue weighted by Gasteiger charge is -2.27. The molecule has 1 fully saturated rings. The number of phenols is 1. The van der Waals surface area contributed by atoms with Crippen LogP contribution in [0.2, 0.25) is 10.0 Å². The summed E-state index contributed by atoms with van der Waals surface area (Å²) in [6.07, 6.45) is 1.29. The summed E-state index contributed by atoms with van der Waals surface area (Å²) in [7, 11) is 0. The van der Waals surface area contributed by atoms with Crippen LogP contribution in [-0.2, 0) is 9.59 Å². The number of phenolic OH excluding ortho intramolecular Hbond substituents is 1. The van der Waals surface area contributed by atoms with Crippen LogP contribution >= 0.6 is 23.2 Å². The molecule has 1 aliphatic heterocycles. The molecule has 2 N–H and O–H groups in total. The summed E-state index contributed by atoms with van der Waals surface area (Å²) in [4.78, 5) is 38.0. The third-order valence-corrected chi connectivity index (χ3v) is 4.33. The van der Waals surface area contributed by atoms with Crippen LogP contribution in [0.5, 0.6) is 5.75 Å². The monoisotopic (exact) mass is 390 g/mol. The molecule has 2 aromatic rings. The van der Waals surface area contributed by atoms with Crippen molar-refractivity contribution in [3.63, 3.8) is 0 Å². The quantitative estimate of drug-likeness (QED) is 0.604. The number of hydrogen-bond donors (Lipinski definition) is 2. The predicted octanol–water partition coefficient (Wildman–Crippen LogP) is 3.67. The molecule has 0 spiro atoms. The van der Waals surface area contributed by atoms with Crippen LogP contribution in [0.25, 0.3) is 6.08 Å². The van der Waals surface area contributed by atoms with E-state index in [9.17, 15) is 19.5 Å². The van der Waals surface area contributed by atoms with Crippen LogP contribution in [0.4, 0.5) is 10.5 Å². The molecule has 0 aromatic heterocycles. The zero-order valence-electron chi connectivity index (χ0n) is 13.4. The highest BCUT2D eigenvalue weighted by molar-refractivity contribution is 6.39. The molecule has 0 aliphatic carbocycles. The summed E-state index contributed by atoms with van der Waals surface area (Å²) >= 11 is 11.8. The van der Waals surface area contributed by atoms with Gasteiger partial charge in [0.15, 0.2) is 0 Å². The molecule has 132 valence electrons. The molecule has 6 nitrogen and oxygen atoms in total. The standard InChI is InChI=1S/C18H12Cl2N2O4/c1-9-2-4-11(19)8-14(9)22-17(25)12(16(24)21-18(22)26)6-10-3-5-15(23)13(20)7-10/h2-8,23H,1H3,(H,21,24,26)/b12-6+. The number of halogens is 2. The molecule has 0 atom stereocenters. The number of carbonyl (C=O) groups is 3. The Kier molecular flexibility index (Phi) is 4.71. The van der Waals surface area contributed by atoms with Crippen molar-refractivity contribution in [1.82, 2.24) is 5.32 Å². The van der Waals surface area contributed by atoms with E-state index >= 15 is 0 Å². The van der Waals surface area contributed by atoms with Gasteiger partial charge in [-0.15, -0.1) is 0 Å². The zero-order valence-corrected chi connectivity index (χ0v) is 14.9. The molecule has 0 saturated carbocycles. The molecular weight excluding hydrogens is 379 g/mol. The van der Waals surface area contributed by atoms with E-state index < -0.39 is 17.8 Å². The SMILES string of the molecule is Cc1ccc(Cl)cc1N1C(=O)NC(=O)/C(=C\c2ccc(O)c(Cl)c2)C1=O. The zero-order chi connectivity index (χ0) is 19.0. The summed E-state index contributed by atoms with van der Waals surface area (Å²) in [6.45, 7) is 1.71. The van der Waals surface area contributed by atoms with Gasteiger partial charge in [-0.25, -0.2) is 9.69 Å². The number of carbonyl (C=O) groups excluding carboxylic acids is 3. The summed E-state index contributed by atoms with van der Waals surface area (Å²) in [5.41, 5.74) is 1.09. The molecule has 0 bridgehead atoms. The van der Waals surface area contributed by atoms with Gasteiger partial charge in [0.1, 0.15) is 11.3 Å². The van der Waals surface area contributed by atoms with E-state index in [0.717, 1.165) is 4.90 Å². The maximum atomic E-state index is 12.8. The summed E-state index contributed by atoms with van der Waals surface area (Å²) in [5.74, 6) is -1.73. The first-order valence-electron chi connectivity index (χ1n) is 7.44. The number of nitrogens with one attached hydrogen (secondary N) is 1. The van der Waals surface area contributed by atoms with Crippen molar-refractivity contribution in [2.75, 3.05) is 4.90 Å². The van der Waals surface area contributed by atoms with E-state index in [1.165, 1.54) is 30.3 Å². The van der Waals surface area contributed by atoms with Gasteiger partial charge in [-0.3, -0.25) is 14.9 Å². The number of hydrogen-bond acceptors (Lipinski definition) is 4. The van der Waals surface area contributed by atoms with E-state index in [-0.39, 0.29) is 22.0 Å². The minimum Gasteiger partial charge on any atom is -0.506 e. The van der Waals surface area contributed by atoms with Gasteiger partial charge in [-0.1, -0.05) is 35.3 Å². The van der Waals surface area contributed by atoms with Crippen molar-refractivity contribution in [2.24, 2.45) is 0 Å². The molecular formula is C18H12Cl2N2O4. The Labute approximate surface area is 158 Å². The fourth-order valence-electron chi connectivity index (χ4n) is 2.48. The first-order chi connectivity index (χ1) is 12.3. The Morgan fingerprint density at radius 1 is 1.08 bits per heavy atom. The second kappa shape index (κ2) is 6.82. The van der Waals surface area contributed by atoms with Crippen molar-refractivity contribution in [2.45, 2.75) is 6.92 Å². The fourth-order valence-corrected chi connectivity index (χ4v) is 2.83. The smallest absolute Gasteiger partial charge is 0.335 e. The number of rotatable bonds is 2. The first-order valence-corrected chi connectivity index (χ1v) is 8.19. The van der Waals surface area contributed by atoms with Crippen LogP contribution in [0.1, 0.15) is 11.1 Å². The van der Waals surface area contributed by atoms with E-state index in [4.69, 9.17) is 23.2 Å². The lowest BCUT2D eigenvalue weighted by Crippen LogP contribution is -2.54. The predicted molar refractivity (Wildman–Crippen MR) is 98.3 cm³/mol. The molecule has 0 unspecified atom stereocenters. The largest absolute Gasteiger partial charge is 0.506 e. The minimum absolute atomic E-state index is 0.0710. The number of imide groups is 2. The van der Waals surface area contributed by atoms with Gasteiger partial charge in [0, 0.05) is 5.02 Å². The van der Waals surface area contributed by atoms with Crippen LogP contribution in [0, 0.1) is 6.92 Å². The van der Waals surface area contributed by atoms with E-state index in [2.05, 4.69) is 5.32 Å². The maximum absolute atomic E-state index is 12.8. The minimum atomic E-state index is -0.855. The van der Waals surface area contributed by atoms with Crippen molar-refractivity contribution in [1.29, 1.82) is 0 Å². The highest BCUT2D eigenvalue weighted by Crippen LogP contribution is 2.29. The highest BCUT2D eigenvalue weighted by Gasteiger charge is 2.37. The number of amides is 4. The van der Waals surface area contributed by atoms with Crippen molar-refractivity contribution >= 4 is 52.8 Å². The van der Waals surface area contributed by atoms with Crippen molar-refractivity contribution in [3.8, 4) is 5.75 Å². The third-order valence-electron chi connectivity index (χ3n) is 3.80. The van der Waals surface area contributed by atoms with E-state index in [1.807, 2.05) is 0 Å². The van der Waals surface area contributed by atoms with Crippen LogP contribution in [0.3, 0.4) is 0 Å². The Morgan fingerprint density at radius 2 is 1.81 bits per heavy atom. The van der Waals surface area contributed by atoms with Gasteiger partial charge in [0.2, 0.25) is 0 Å². The number of aromatic hydroxyl groups is 1. The number of aryl methyl sites for hydroxylation is 1. The van der Waals surface area contributed by atoms with Gasteiger partial charge in [0.25, 0.3) is 11.8 Å². The summed E-state index contributed by atoms with van der Waals surface area (Å²) in [6, 6.07) is 8.13. The average Bonchev–Trinajstić information content (AvgIpc) is 2.57. The van der Waals surface area contributed by atoms with Gasteiger partial charge >= 0.3 is 6.03 Å². The summed E-state index contributed by atoms with van der Waals surface area (Å²) < 4.78 is 0. The molecule has 1 aliphatic rings. The molecule has 0 radical (unpaired) electrons. The average molecular weight is 391 g/mol. The number of urea groups is 1. The van der Waals surface area contributed by atoms with Crippen molar-refractivity contribution in [3.05, 3.63) is 63.1 Å². The Bertz CT molecular complexity index is 985. The van der Waals surface area contributed by atoms with Gasteiger partial charge in [-0.05, 0) is 48.4 Å². The van der Waals surface area contributed by atoms with Crippen LogP contribution in [-0.4, -0.2) is 23.0 Å². The number of benzene rings is 2. The van der Waals surface area contributed by atoms with Crippen LogP contribution in [0.15, 0.2) is 42.0 Å². The van der Waals surface area contributed by atoms with E-state index in [0.29, 0.717) is 16.1 Å². The topological polar surface area (TPSA) is 86.7 Å². The lowest BCUT2D eigenvalue weighted by atomic mass is 10.1. The van der Waals surface area contributed by atoms with Gasteiger partial charge in [0.05, 0.1) is 10.7 Å². The number of nitrogens with zero attached hydrogens (tertiary/aromatic N) is 1. The lowest BCUT2D eigenvalue weighted by molar-refractivity contribution is -0.122. The normalized spacial score (nSPS) is 16.2.